The van der Waals surface area contributed by atoms with Gasteiger partial charge in [0.15, 0.2) is 0 Å². The standard InChI is InChI=1S/C17H23BrN2/c1-3-6-14(2)19-16-9-11-20(12-10-16)13-15-7-4-5-8-17(15)18/h1,4-5,7-8,14,16,19H,6,9-13H2,2H3/t14-/m1/s1. The summed E-state index contributed by atoms with van der Waals surface area (Å²) in [5, 5.41) is 3.64. The number of likely N-dealkylation sites (tertiary alicyclic amines) is 1. The third-order valence-corrected chi connectivity index (χ3v) is 4.66. The molecule has 1 N–H and O–H groups in total. The highest BCUT2D eigenvalue weighted by Crippen LogP contribution is 2.20. The summed E-state index contributed by atoms with van der Waals surface area (Å²) < 4.78 is 1.21. The number of hydrogen-bond acceptors (Lipinski definition) is 2. The molecule has 0 radical (unpaired) electrons. The van der Waals surface area contributed by atoms with E-state index in [4.69, 9.17) is 6.42 Å². The first-order chi connectivity index (χ1) is 9.69. The van der Waals surface area contributed by atoms with E-state index >= 15 is 0 Å². The van der Waals surface area contributed by atoms with Gasteiger partial charge in [0.2, 0.25) is 0 Å². The molecule has 1 aromatic carbocycles. The predicted octanol–water partition coefficient (Wildman–Crippen LogP) is 3.41. The number of piperidine rings is 1. The lowest BCUT2D eigenvalue weighted by Crippen LogP contribution is -2.45. The lowest BCUT2D eigenvalue weighted by molar-refractivity contribution is 0.185. The van der Waals surface area contributed by atoms with Crippen molar-refractivity contribution in [3.8, 4) is 12.3 Å². The van der Waals surface area contributed by atoms with Crippen LogP contribution in [0, 0.1) is 12.3 Å². The molecule has 2 nitrogen and oxygen atoms in total. The van der Waals surface area contributed by atoms with Gasteiger partial charge >= 0.3 is 0 Å². The van der Waals surface area contributed by atoms with Crippen LogP contribution >= 0.6 is 15.9 Å². The van der Waals surface area contributed by atoms with E-state index in [1.807, 2.05) is 0 Å². The summed E-state index contributed by atoms with van der Waals surface area (Å²) in [6.07, 6.45) is 8.59. The molecule has 0 bridgehead atoms. The number of halogens is 1. The average molecular weight is 335 g/mol. The molecule has 1 heterocycles. The van der Waals surface area contributed by atoms with E-state index in [1.165, 1.54) is 22.9 Å². The summed E-state index contributed by atoms with van der Waals surface area (Å²) in [6, 6.07) is 9.54. The maximum Gasteiger partial charge on any atom is 0.0244 e. The number of rotatable bonds is 5. The van der Waals surface area contributed by atoms with Crippen LogP contribution in [0.5, 0.6) is 0 Å². The molecule has 2 rings (SSSR count). The van der Waals surface area contributed by atoms with Gasteiger partial charge in [0.05, 0.1) is 0 Å². The van der Waals surface area contributed by atoms with Gasteiger partial charge in [-0.05, 0) is 44.5 Å². The molecule has 1 aliphatic rings. The first-order valence-corrected chi connectivity index (χ1v) is 8.13. The first-order valence-electron chi connectivity index (χ1n) is 7.34. The smallest absolute Gasteiger partial charge is 0.0244 e. The Hall–Kier alpha value is -0.820. The summed E-state index contributed by atoms with van der Waals surface area (Å²) in [7, 11) is 0. The van der Waals surface area contributed by atoms with Gasteiger partial charge < -0.3 is 5.32 Å². The predicted molar refractivity (Wildman–Crippen MR) is 88.5 cm³/mol. The van der Waals surface area contributed by atoms with Gasteiger partial charge in [-0.1, -0.05) is 34.1 Å². The molecule has 1 aromatic rings. The van der Waals surface area contributed by atoms with Crippen LogP contribution in [0.15, 0.2) is 28.7 Å². The molecule has 20 heavy (non-hydrogen) atoms. The zero-order chi connectivity index (χ0) is 14.4. The zero-order valence-electron chi connectivity index (χ0n) is 12.1. The quantitative estimate of drug-likeness (QED) is 0.830. The first kappa shape index (κ1) is 15.6. The third-order valence-electron chi connectivity index (χ3n) is 3.88. The molecule has 1 saturated heterocycles. The molecule has 108 valence electrons. The molecular weight excluding hydrogens is 312 g/mol. The summed E-state index contributed by atoms with van der Waals surface area (Å²) in [5.74, 6) is 2.73. The minimum atomic E-state index is 0.430. The number of nitrogens with zero attached hydrogens (tertiary/aromatic N) is 1. The molecule has 0 amide bonds. The number of benzene rings is 1. The van der Waals surface area contributed by atoms with Gasteiger partial charge in [-0.15, -0.1) is 12.3 Å². The molecule has 0 aromatic heterocycles. The summed E-state index contributed by atoms with van der Waals surface area (Å²) in [4.78, 5) is 2.53. The fourth-order valence-corrected chi connectivity index (χ4v) is 3.17. The Morgan fingerprint density at radius 1 is 1.40 bits per heavy atom. The molecule has 1 atom stereocenters. The van der Waals surface area contributed by atoms with Gasteiger partial charge in [0, 0.05) is 29.5 Å². The Labute approximate surface area is 131 Å². The Morgan fingerprint density at radius 3 is 2.75 bits per heavy atom. The Morgan fingerprint density at radius 2 is 2.10 bits per heavy atom. The molecule has 1 fully saturated rings. The highest BCUT2D eigenvalue weighted by Gasteiger charge is 2.20. The van der Waals surface area contributed by atoms with Crippen molar-refractivity contribution < 1.29 is 0 Å². The Bertz CT molecular complexity index is 458. The van der Waals surface area contributed by atoms with E-state index in [0.717, 1.165) is 26.1 Å². The number of hydrogen-bond donors (Lipinski definition) is 1. The monoisotopic (exact) mass is 334 g/mol. The van der Waals surface area contributed by atoms with Crippen LogP contribution < -0.4 is 5.32 Å². The van der Waals surface area contributed by atoms with E-state index in [1.54, 1.807) is 0 Å². The highest BCUT2D eigenvalue weighted by molar-refractivity contribution is 9.10. The average Bonchev–Trinajstić information content (AvgIpc) is 2.44. The Kier molecular flexibility index (Phi) is 6.09. The zero-order valence-corrected chi connectivity index (χ0v) is 13.7. The number of nitrogens with one attached hydrogen (secondary N) is 1. The molecule has 1 aliphatic heterocycles. The van der Waals surface area contributed by atoms with Crippen molar-refractivity contribution in [2.24, 2.45) is 0 Å². The van der Waals surface area contributed by atoms with Crippen molar-refractivity contribution in [3.63, 3.8) is 0 Å². The summed E-state index contributed by atoms with van der Waals surface area (Å²) in [6.45, 7) is 5.52. The summed E-state index contributed by atoms with van der Waals surface area (Å²) >= 11 is 3.63. The molecule has 0 aliphatic carbocycles. The fourth-order valence-electron chi connectivity index (χ4n) is 2.76. The number of terminal acetylenes is 1. The highest BCUT2D eigenvalue weighted by atomic mass is 79.9. The second-order valence-electron chi connectivity index (χ2n) is 5.62. The van der Waals surface area contributed by atoms with Crippen LogP contribution in [0.1, 0.15) is 31.7 Å². The molecular formula is C17H23BrN2. The van der Waals surface area contributed by atoms with E-state index in [0.29, 0.717) is 12.1 Å². The van der Waals surface area contributed by atoms with E-state index in [-0.39, 0.29) is 0 Å². The van der Waals surface area contributed by atoms with Gasteiger partial charge in [0.25, 0.3) is 0 Å². The lowest BCUT2D eigenvalue weighted by atomic mass is 10.0. The van der Waals surface area contributed by atoms with Crippen LogP contribution in [0.2, 0.25) is 0 Å². The maximum absolute atomic E-state index is 5.35. The van der Waals surface area contributed by atoms with Crippen molar-refractivity contribution in [1.29, 1.82) is 0 Å². The molecule has 0 spiro atoms. The second-order valence-corrected chi connectivity index (χ2v) is 6.47. The molecule has 0 unspecified atom stereocenters. The minimum absolute atomic E-state index is 0.430. The van der Waals surface area contributed by atoms with E-state index in [2.05, 4.69) is 63.3 Å². The van der Waals surface area contributed by atoms with Crippen LogP contribution in [-0.2, 0) is 6.54 Å². The van der Waals surface area contributed by atoms with E-state index in [9.17, 15) is 0 Å². The second kappa shape index (κ2) is 7.83. The van der Waals surface area contributed by atoms with Crippen molar-refractivity contribution in [3.05, 3.63) is 34.3 Å². The van der Waals surface area contributed by atoms with Crippen LogP contribution in [-0.4, -0.2) is 30.1 Å². The minimum Gasteiger partial charge on any atom is -0.310 e. The largest absolute Gasteiger partial charge is 0.310 e. The van der Waals surface area contributed by atoms with Gasteiger partial charge in [-0.3, -0.25) is 4.90 Å². The van der Waals surface area contributed by atoms with Crippen LogP contribution in [0.3, 0.4) is 0 Å². The topological polar surface area (TPSA) is 15.3 Å². The third kappa shape index (κ3) is 4.63. The van der Waals surface area contributed by atoms with Crippen LogP contribution in [0.4, 0.5) is 0 Å². The van der Waals surface area contributed by atoms with Crippen molar-refractivity contribution >= 4 is 15.9 Å². The van der Waals surface area contributed by atoms with Gasteiger partial charge in [-0.25, -0.2) is 0 Å². The SMILES string of the molecule is C#CC[C@@H](C)NC1CCN(Cc2ccccc2Br)CC1. The summed E-state index contributed by atoms with van der Waals surface area (Å²) in [5.41, 5.74) is 1.37. The van der Waals surface area contributed by atoms with Crippen molar-refractivity contribution in [2.75, 3.05) is 13.1 Å². The van der Waals surface area contributed by atoms with Crippen LogP contribution in [0.25, 0.3) is 0 Å². The van der Waals surface area contributed by atoms with Crippen molar-refractivity contribution in [2.45, 2.75) is 44.8 Å². The molecule has 3 heteroatoms. The Balaban J connectivity index is 1.77. The van der Waals surface area contributed by atoms with Crippen molar-refractivity contribution in [1.82, 2.24) is 10.2 Å². The lowest BCUT2D eigenvalue weighted by Gasteiger charge is -2.33. The van der Waals surface area contributed by atoms with E-state index < -0.39 is 0 Å². The fraction of sp³-hybridized carbons (Fsp3) is 0.529. The van der Waals surface area contributed by atoms with Gasteiger partial charge in [0.1, 0.15) is 0 Å². The maximum atomic E-state index is 5.35. The van der Waals surface area contributed by atoms with Gasteiger partial charge in [-0.2, -0.15) is 0 Å². The molecule has 0 saturated carbocycles. The normalized spacial score (nSPS) is 18.6.